The Labute approximate surface area is 323 Å². The van der Waals surface area contributed by atoms with Crippen LogP contribution in [0.25, 0.3) is 0 Å². The van der Waals surface area contributed by atoms with Gasteiger partial charge in [-0.25, -0.2) is 9.13 Å². The Hall–Kier alpha value is -0.790. The Morgan fingerprint density at radius 3 is 0.941 bits per heavy atom. The maximum absolute atomic E-state index is 2.66. The van der Waals surface area contributed by atoms with Crippen molar-refractivity contribution in [2.24, 2.45) is 0 Å². The molecule has 1 aromatic rings. The average molecular weight is 714 g/mol. The fourth-order valence-corrected chi connectivity index (χ4v) is 8.27. The van der Waals surface area contributed by atoms with E-state index in [-0.39, 0.29) is 0 Å². The van der Waals surface area contributed by atoms with Gasteiger partial charge in [0, 0.05) is 6.42 Å². The lowest BCUT2D eigenvalue weighted by Gasteiger charge is -2.07. The third-order valence-corrected chi connectivity index (χ3v) is 11.8. The molecule has 0 saturated heterocycles. The summed E-state index contributed by atoms with van der Waals surface area (Å²) in [6.45, 7) is 9.42. The zero-order valence-electron chi connectivity index (χ0n) is 36.0. The van der Waals surface area contributed by atoms with Crippen molar-refractivity contribution >= 4 is 0 Å². The van der Waals surface area contributed by atoms with Gasteiger partial charge in [0.15, 0.2) is 0 Å². The molecule has 2 heteroatoms. The Morgan fingerprint density at radius 2 is 0.608 bits per heavy atom. The predicted octanol–water partition coefficient (Wildman–Crippen LogP) is 17.0. The second-order valence-electron chi connectivity index (χ2n) is 16.9. The van der Waals surface area contributed by atoms with Crippen LogP contribution in [0, 0.1) is 0 Å². The standard InChI is InChI=1S/C49H97N2/c1-4-7-10-13-16-19-22-24-25-26-27-28-31-34-37-40-43-46-51-48-47-50(45-42-39-36-33-30-21-18-15-12-9-6-3)49(51)44-41-38-35-32-29-23-20-17-14-11-8-5-2/h47-48H,4-46H2,1-3H3/q+1. The first-order chi connectivity index (χ1) is 25.3. The number of hydrogen-bond acceptors (Lipinski definition) is 0. The summed E-state index contributed by atoms with van der Waals surface area (Å²) >= 11 is 0. The van der Waals surface area contributed by atoms with E-state index < -0.39 is 0 Å². The zero-order valence-corrected chi connectivity index (χ0v) is 36.0. The maximum Gasteiger partial charge on any atom is 0.256 e. The number of unbranched alkanes of at least 4 members (excludes halogenated alkanes) is 37. The molecule has 302 valence electrons. The van der Waals surface area contributed by atoms with Crippen LogP contribution in [-0.2, 0) is 19.5 Å². The number of hydrogen-bond donors (Lipinski definition) is 0. The van der Waals surface area contributed by atoms with Gasteiger partial charge in [-0.2, -0.15) is 0 Å². The Morgan fingerprint density at radius 1 is 0.333 bits per heavy atom. The summed E-state index contributed by atoms with van der Waals surface area (Å²) in [6.07, 6.45) is 63.8. The first kappa shape index (κ1) is 48.2. The van der Waals surface area contributed by atoms with Gasteiger partial charge in [0.1, 0.15) is 12.4 Å². The molecule has 0 aliphatic rings. The second-order valence-corrected chi connectivity index (χ2v) is 16.9. The topological polar surface area (TPSA) is 8.81 Å². The molecule has 0 unspecified atom stereocenters. The van der Waals surface area contributed by atoms with Gasteiger partial charge in [-0.15, -0.1) is 0 Å². The van der Waals surface area contributed by atoms with Crippen LogP contribution in [0.3, 0.4) is 0 Å². The molecule has 0 bridgehead atoms. The molecular formula is C49H97N2+. The molecule has 0 aliphatic heterocycles. The Bertz CT molecular complexity index is 781. The molecule has 0 saturated carbocycles. The Balaban J connectivity index is 2.24. The number of nitrogens with zero attached hydrogens (tertiary/aromatic N) is 2. The van der Waals surface area contributed by atoms with Crippen molar-refractivity contribution in [2.75, 3.05) is 0 Å². The molecule has 0 radical (unpaired) electrons. The van der Waals surface area contributed by atoms with Crippen LogP contribution in [0.15, 0.2) is 12.4 Å². The number of aromatic nitrogens is 2. The van der Waals surface area contributed by atoms with Crippen LogP contribution in [0.5, 0.6) is 0 Å². The number of imidazole rings is 1. The molecule has 0 amide bonds. The summed E-state index contributed by atoms with van der Waals surface area (Å²) < 4.78 is 5.31. The summed E-state index contributed by atoms with van der Waals surface area (Å²) in [5.41, 5.74) is 0. The molecule has 0 N–H and O–H groups in total. The monoisotopic (exact) mass is 714 g/mol. The molecule has 51 heavy (non-hydrogen) atoms. The van der Waals surface area contributed by atoms with E-state index in [0.717, 1.165) is 0 Å². The lowest BCUT2D eigenvalue weighted by Crippen LogP contribution is -2.37. The van der Waals surface area contributed by atoms with Crippen molar-refractivity contribution in [1.82, 2.24) is 4.57 Å². The van der Waals surface area contributed by atoms with Gasteiger partial charge in [0.05, 0.1) is 13.1 Å². The maximum atomic E-state index is 2.66. The summed E-state index contributed by atoms with van der Waals surface area (Å²) in [4.78, 5) is 0. The minimum atomic E-state index is 1.23. The van der Waals surface area contributed by atoms with Crippen LogP contribution >= 0.6 is 0 Å². The van der Waals surface area contributed by atoms with Crippen molar-refractivity contribution in [3.8, 4) is 0 Å². The molecule has 2 nitrogen and oxygen atoms in total. The highest BCUT2D eigenvalue weighted by molar-refractivity contribution is 4.84. The van der Waals surface area contributed by atoms with Gasteiger partial charge in [-0.1, -0.05) is 245 Å². The molecule has 1 heterocycles. The van der Waals surface area contributed by atoms with Crippen LogP contribution in [0.2, 0.25) is 0 Å². The van der Waals surface area contributed by atoms with Gasteiger partial charge in [-0.05, 0) is 32.1 Å². The lowest BCUT2D eigenvalue weighted by atomic mass is 10.0. The van der Waals surface area contributed by atoms with Crippen molar-refractivity contribution in [1.29, 1.82) is 0 Å². The minimum absolute atomic E-state index is 1.23. The summed E-state index contributed by atoms with van der Waals surface area (Å²) in [5.74, 6) is 1.63. The van der Waals surface area contributed by atoms with Crippen molar-refractivity contribution in [3.63, 3.8) is 0 Å². The fraction of sp³-hybridized carbons (Fsp3) is 0.939. The van der Waals surface area contributed by atoms with Gasteiger partial charge < -0.3 is 0 Å². The van der Waals surface area contributed by atoms with E-state index in [1.54, 1.807) is 5.82 Å². The van der Waals surface area contributed by atoms with Crippen molar-refractivity contribution in [2.45, 2.75) is 297 Å². The summed E-state index contributed by atoms with van der Waals surface area (Å²) in [5, 5.41) is 0. The van der Waals surface area contributed by atoms with Crippen LogP contribution in [0.1, 0.15) is 283 Å². The van der Waals surface area contributed by atoms with E-state index in [1.807, 2.05) is 0 Å². The molecule has 1 aromatic heterocycles. The average Bonchev–Trinajstić information content (AvgIpc) is 3.53. The SMILES string of the molecule is CCCCCCCCCCCCCCCCCCC[n+]1ccn(CCCCCCCCCCCCC)c1CCCCCCCCCCCCCC. The lowest BCUT2D eigenvalue weighted by molar-refractivity contribution is -0.704. The number of aryl methyl sites for hydroxylation is 2. The van der Waals surface area contributed by atoms with Gasteiger partial charge >= 0.3 is 0 Å². The van der Waals surface area contributed by atoms with Gasteiger partial charge in [-0.3, -0.25) is 0 Å². The first-order valence-corrected chi connectivity index (χ1v) is 24.4. The van der Waals surface area contributed by atoms with Gasteiger partial charge in [0.2, 0.25) is 0 Å². The number of rotatable bonds is 43. The van der Waals surface area contributed by atoms with E-state index in [9.17, 15) is 0 Å². The fourth-order valence-electron chi connectivity index (χ4n) is 8.27. The summed E-state index contributed by atoms with van der Waals surface area (Å²) in [6, 6.07) is 0. The molecule has 1 rings (SSSR count). The quantitative estimate of drug-likeness (QED) is 0.0471. The zero-order chi connectivity index (χ0) is 36.6. The molecule has 0 aliphatic carbocycles. The van der Waals surface area contributed by atoms with Crippen LogP contribution in [0.4, 0.5) is 0 Å². The normalized spacial score (nSPS) is 11.7. The largest absolute Gasteiger partial charge is 0.256 e. The molecule has 0 atom stereocenters. The van der Waals surface area contributed by atoms with Crippen LogP contribution < -0.4 is 4.57 Å². The predicted molar refractivity (Wildman–Crippen MR) is 230 cm³/mol. The van der Waals surface area contributed by atoms with E-state index in [0.29, 0.717) is 0 Å². The highest BCUT2D eigenvalue weighted by Gasteiger charge is 2.16. The second kappa shape index (κ2) is 40.4. The smallest absolute Gasteiger partial charge is 0.234 e. The van der Waals surface area contributed by atoms with E-state index in [4.69, 9.17) is 0 Å². The minimum Gasteiger partial charge on any atom is -0.234 e. The first-order valence-electron chi connectivity index (χ1n) is 24.4. The third kappa shape index (κ3) is 32.4. The Kier molecular flexibility index (Phi) is 38.2. The summed E-state index contributed by atoms with van der Waals surface area (Å²) in [7, 11) is 0. The van der Waals surface area contributed by atoms with Crippen LogP contribution in [-0.4, -0.2) is 4.57 Å². The van der Waals surface area contributed by atoms with E-state index >= 15 is 0 Å². The molecular weight excluding hydrogens is 617 g/mol. The highest BCUT2D eigenvalue weighted by atomic mass is 15.1. The van der Waals surface area contributed by atoms with Gasteiger partial charge in [0.25, 0.3) is 5.82 Å². The van der Waals surface area contributed by atoms with Crippen molar-refractivity contribution in [3.05, 3.63) is 18.2 Å². The highest BCUT2D eigenvalue weighted by Crippen LogP contribution is 2.17. The molecule has 0 aromatic carbocycles. The van der Waals surface area contributed by atoms with E-state index in [1.165, 1.54) is 276 Å². The third-order valence-electron chi connectivity index (χ3n) is 11.8. The molecule has 0 spiro atoms. The molecule has 0 fully saturated rings. The van der Waals surface area contributed by atoms with E-state index in [2.05, 4.69) is 42.3 Å². The van der Waals surface area contributed by atoms with Crippen molar-refractivity contribution < 1.29 is 4.57 Å².